The third-order valence-electron chi connectivity index (χ3n) is 2.93. The molecule has 1 heterocycles. The Morgan fingerprint density at radius 2 is 1.96 bits per heavy atom. The number of nitrogens with zero attached hydrogens (tertiary/aromatic N) is 2. The predicted octanol–water partition coefficient (Wildman–Crippen LogP) is 3.26. The molecule has 2 rings (SSSR count). The molecule has 0 bridgehead atoms. The molecule has 9 heteroatoms. The van der Waals surface area contributed by atoms with Gasteiger partial charge in [0.2, 0.25) is 0 Å². The van der Waals surface area contributed by atoms with Crippen molar-refractivity contribution in [3.63, 3.8) is 0 Å². The van der Waals surface area contributed by atoms with Gasteiger partial charge in [0.05, 0.1) is 13.7 Å². The van der Waals surface area contributed by atoms with Gasteiger partial charge in [-0.15, -0.1) is 0 Å². The first-order valence-corrected chi connectivity index (χ1v) is 8.50. The molecule has 0 unspecified atom stereocenters. The Balaban J connectivity index is 2.23. The van der Waals surface area contributed by atoms with Gasteiger partial charge >= 0.3 is 12.1 Å². The van der Waals surface area contributed by atoms with Crippen LogP contribution in [0.4, 0.5) is 16.3 Å². The van der Waals surface area contributed by atoms with Crippen molar-refractivity contribution in [3.8, 4) is 5.75 Å². The first-order valence-electron chi connectivity index (χ1n) is 7.28. The summed E-state index contributed by atoms with van der Waals surface area (Å²) in [5.41, 5.74) is 0.878. The predicted molar refractivity (Wildman–Crippen MR) is 92.5 cm³/mol. The van der Waals surface area contributed by atoms with Crippen molar-refractivity contribution in [2.45, 2.75) is 12.1 Å². The zero-order chi connectivity index (χ0) is 18.2. The number of thioether (sulfide) groups is 1. The smallest absolute Gasteiger partial charge is 0.462 e. The summed E-state index contributed by atoms with van der Waals surface area (Å²) < 4.78 is 14.3. The van der Waals surface area contributed by atoms with Crippen molar-refractivity contribution in [3.05, 3.63) is 36.0 Å². The Morgan fingerprint density at radius 3 is 2.56 bits per heavy atom. The molecule has 2 aromatic rings. The minimum atomic E-state index is -0.800. The quantitative estimate of drug-likeness (QED) is 0.359. The summed E-state index contributed by atoms with van der Waals surface area (Å²) in [6.07, 6.45) is 2.46. The number of anilines is 2. The normalized spacial score (nSPS) is 10.0. The van der Waals surface area contributed by atoms with E-state index in [1.54, 1.807) is 31.2 Å². The molecule has 0 atom stereocenters. The number of carbonyl (C=O) groups is 2. The third-order valence-corrected chi connectivity index (χ3v) is 3.49. The summed E-state index contributed by atoms with van der Waals surface area (Å²) in [7, 11) is 1.23. The highest BCUT2D eigenvalue weighted by Crippen LogP contribution is 2.23. The largest absolute Gasteiger partial charge is 0.513 e. The standard InChI is InChI=1S/C16H17N3O5S/c1-4-23-14(20)12-9-17-15(25-3)19-13(12)18-10-5-7-11(8-6-10)24-16(21)22-2/h5-9H,4H2,1-3H3,(H,17,18,19). The van der Waals surface area contributed by atoms with E-state index in [0.29, 0.717) is 22.4 Å². The summed E-state index contributed by atoms with van der Waals surface area (Å²) in [5.74, 6) is 0.151. The highest BCUT2D eigenvalue weighted by atomic mass is 32.2. The molecule has 132 valence electrons. The Kier molecular flexibility index (Phi) is 6.58. The number of hydrogen-bond acceptors (Lipinski definition) is 9. The van der Waals surface area contributed by atoms with Gasteiger partial charge in [-0.3, -0.25) is 0 Å². The highest BCUT2D eigenvalue weighted by Gasteiger charge is 2.16. The fourth-order valence-electron chi connectivity index (χ4n) is 1.80. The van der Waals surface area contributed by atoms with Crippen LogP contribution in [0.2, 0.25) is 0 Å². The van der Waals surface area contributed by atoms with Gasteiger partial charge in [-0.1, -0.05) is 11.8 Å². The van der Waals surface area contributed by atoms with Crippen LogP contribution in [0, 0.1) is 0 Å². The van der Waals surface area contributed by atoms with Crippen molar-refractivity contribution in [2.75, 3.05) is 25.3 Å². The molecule has 0 amide bonds. The van der Waals surface area contributed by atoms with Gasteiger partial charge < -0.3 is 19.5 Å². The van der Waals surface area contributed by atoms with Crippen molar-refractivity contribution in [2.24, 2.45) is 0 Å². The topological polar surface area (TPSA) is 99.6 Å². The molecule has 0 spiro atoms. The molecule has 1 aromatic heterocycles. The van der Waals surface area contributed by atoms with E-state index in [-0.39, 0.29) is 12.2 Å². The maximum absolute atomic E-state index is 12.0. The van der Waals surface area contributed by atoms with Crippen LogP contribution in [-0.4, -0.2) is 42.1 Å². The van der Waals surface area contributed by atoms with Gasteiger partial charge in [0.25, 0.3) is 0 Å². The second kappa shape index (κ2) is 8.88. The number of hydrogen-bond donors (Lipinski definition) is 1. The number of rotatable bonds is 6. The van der Waals surface area contributed by atoms with Crippen LogP contribution in [0.15, 0.2) is 35.6 Å². The minimum Gasteiger partial charge on any atom is -0.462 e. The van der Waals surface area contributed by atoms with Crippen LogP contribution in [0.3, 0.4) is 0 Å². The van der Waals surface area contributed by atoms with Crippen LogP contribution in [0.25, 0.3) is 0 Å². The number of methoxy groups -OCH3 is 1. The van der Waals surface area contributed by atoms with Gasteiger partial charge in [-0.05, 0) is 37.4 Å². The Hall–Kier alpha value is -2.81. The minimum absolute atomic E-state index is 0.231. The lowest BCUT2D eigenvalue weighted by Crippen LogP contribution is -2.11. The zero-order valence-electron chi connectivity index (χ0n) is 13.9. The molecule has 0 saturated carbocycles. The SMILES string of the molecule is CCOC(=O)c1cnc(SC)nc1Nc1ccc(OC(=O)OC)cc1. The van der Waals surface area contributed by atoms with Crippen molar-refractivity contribution in [1.29, 1.82) is 0 Å². The summed E-state index contributed by atoms with van der Waals surface area (Å²) in [6.45, 7) is 1.98. The van der Waals surface area contributed by atoms with E-state index in [1.165, 1.54) is 25.1 Å². The maximum Gasteiger partial charge on any atom is 0.513 e. The lowest BCUT2D eigenvalue weighted by atomic mass is 10.2. The molecule has 1 N–H and O–H groups in total. The van der Waals surface area contributed by atoms with Gasteiger partial charge in [-0.25, -0.2) is 19.6 Å². The average Bonchev–Trinajstić information content (AvgIpc) is 2.63. The number of benzene rings is 1. The molecule has 25 heavy (non-hydrogen) atoms. The highest BCUT2D eigenvalue weighted by molar-refractivity contribution is 7.98. The zero-order valence-corrected chi connectivity index (χ0v) is 14.8. The van der Waals surface area contributed by atoms with Crippen molar-refractivity contribution >= 4 is 35.4 Å². The second-order valence-corrected chi connectivity index (χ2v) is 5.32. The lowest BCUT2D eigenvalue weighted by molar-refractivity contribution is 0.0526. The molecular formula is C16H17N3O5S. The first kappa shape index (κ1) is 18.5. The van der Waals surface area contributed by atoms with Gasteiger partial charge in [0.1, 0.15) is 17.1 Å². The summed E-state index contributed by atoms with van der Waals surface area (Å²) >= 11 is 1.35. The molecule has 0 aliphatic rings. The maximum atomic E-state index is 12.0. The van der Waals surface area contributed by atoms with E-state index in [1.807, 2.05) is 6.26 Å². The lowest BCUT2D eigenvalue weighted by Gasteiger charge is -2.11. The second-order valence-electron chi connectivity index (χ2n) is 4.55. The number of carbonyl (C=O) groups excluding carboxylic acids is 2. The van der Waals surface area contributed by atoms with Gasteiger partial charge in [-0.2, -0.15) is 0 Å². The first-order chi connectivity index (χ1) is 12.1. The summed E-state index contributed by atoms with van der Waals surface area (Å²) in [6, 6.07) is 6.52. The van der Waals surface area contributed by atoms with Crippen LogP contribution in [-0.2, 0) is 9.47 Å². The van der Waals surface area contributed by atoms with E-state index in [9.17, 15) is 9.59 Å². The number of nitrogens with one attached hydrogen (secondary N) is 1. The summed E-state index contributed by atoms with van der Waals surface area (Å²) in [5, 5.41) is 3.56. The van der Waals surface area contributed by atoms with E-state index in [4.69, 9.17) is 9.47 Å². The van der Waals surface area contributed by atoms with Crippen LogP contribution >= 0.6 is 11.8 Å². The fraction of sp³-hybridized carbons (Fsp3) is 0.250. The Morgan fingerprint density at radius 1 is 1.24 bits per heavy atom. The average molecular weight is 363 g/mol. The van der Waals surface area contributed by atoms with E-state index < -0.39 is 12.1 Å². The molecule has 0 aliphatic carbocycles. The molecule has 8 nitrogen and oxygen atoms in total. The van der Waals surface area contributed by atoms with Gasteiger partial charge in [0, 0.05) is 11.9 Å². The van der Waals surface area contributed by atoms with Gasteiger partial charge in [0.15, 0.2) is 5.16 Å². The number of aromatic nitrogens is 2. The molecular weight excluding hydrogens is 346 g/mol. The van der Waals surface area contributed by atoms with E-state index in [0.717, 1.165) is 0 Å². The Bertz CT molecular complexity index is 752. The third kappa shape index (κ3) is 5.08. The monoisotopic (exact) mass is 363 g/mol. The van der Waals surface area contributed by atoms with Crippen molar-refractivity contribution < 1.29 is 23.8 Å². The van der Waals surface area contributed by atoms with Crippen LogP contribution in [0.1, 0.15) is 17.3 Å². The van der Waals surface area contributed by atoms with E-state index in [2.05, 4.69) is 20.0 Å². The van der Waals surface area contributed by atoms with Crippen LogP contribution < -0.4 is 10.1 Å². The molecule has 0 fully saturated rings. The number of esters is 1. The van der Waals surface area contributed by atoms with Crippen molar-refractivity contribution in [1.82, 2.24) is 9.97 Å². The molecule has 0 aliphatic heterocycles. The molecule has 0 radical (unpaired) electrons. The van der Waals surface area contributed by atoms with E-state index >= 15 is 0 Å². The fourth-order valence-corrected chi connectivity index (χ4v) is 2.14. The Labute approximate surface area is 148 Å². The number of ether oxygens (including phenoxy) is 3. The molecule has 0 saturated heterocycles. The molecule has 1 aromatic carbocycles. The summed E-state index contributed by atoms with van der Waals surface area (Å²) in [4.78, 5) is 31.5. The van der Waals surface area contributed by atoms with Crippen LogP contribution in [0.5, 0.6) is 5.75 Å².